The number of hydrogen-bond acceptors (Lipinski definition) is 3. The summed E-state index contributed by atoms with van der Waals surface area (Å²) in [6.07, 6.45) is 1.55. The van der Waals surface area contributed by atoms with Gasteiger partial charge in [0.25, 0.3) is 11.5 Å². The Morgan fingerprint density at radius 2 is 2.00 bits per heavy atom. The lowest BCUT2D eigenvalue weighted by Crippen LogP contribution is -2.20. The molecule has 2 aromatic rings. The Morgan fingerprint density at radius 1 is 1.27 bits per heavy atom. The van der Waals surface area contributed by atoms with Crippen LogP contribution in [0, 0.1) is 0 Å². The fraction of sp³-hybridized carbons (Fsp3) is 0.250. The zero-order valence-electron chi connectivity index (χ0n) is 12.6. The first kappa shape index (κ1) is 16.3. The summed E-state index contributed by atoms with van der Waals surface area (Å²) in [6.45, 7) is 3.82. The largest absolute Gasteiger partial charge is 0.489 e. The van der Waals surface area contributed by atoms with Crippen LogP contribution in [0.1, 0.15) is 24.2 Å². The number of pyridine rings is 1. The third kappa shape index (κ3) is 3.98. The third-order valence-corrected chi connectivity index (χ3v) is 3.41. The van der Waals surface area contributed by atoms with Gasteiger partial charge in [-0.1, -0.05) is 15.9 Å². The van der Waals surface area contributed by atoms with Crippen molar-refractivity contribution < 1.29 is 9.53 Å². The van der Waals surface area contributed by atoms with Crippen LogP contribution < -0.4 is 15.6 Å². The Labute approximate surface area is 137 Å². The minimum Gasteiger partial charge on any atom is -0.489 e. The van der Waals surface area contributed by atoms with Crippen molar-refractivity contribution in [2.75, 3.05) is 5.32 Å². The Kier molecular flexibility index (Phi) is 5.03. The minimum atomic E-state index is -0.357. The molecule has 0 unspecified atom stereocenters. The molecule has 0 bridgehead atoms. The SMILES string of the molecule is CC(C)Oc1ccc(Br)cc1NC(=O)c1ccn(C)c(=O)c1. The fourth-order valence-electron chi connectivity index (χ4n) is 1.84. The number of nitrogens with one attached hydrogen (secondary N) is 1. The topological polar surface area (TPSA) is 60.3 Å². The van der Waals surface area contributed by atoms with Gasteiger partial charge in [0.15, 0.2) is 0 Å². The van der Waals surface area contributed by atoms with E-state index in [2.05, 4.69) is 21.2 Å². The van der Waals surface area contributed by atoms with Crippen LogP contribution in [0.15, 0.2) is 45.8 Å². The molecule has 0 atom stereocenters. The molecule has 22 heavy (non-hydrogen) atoms. The molecule has 0 saturated carbocycles. The van der Waals surface area contributed by atoms with Crippen molar-refractivity contribution in [3.8, 4) is 5.75 Å². The highest BCUT2D eigenvalue weighted by atomic mass is 79.9. The van der Waals surface area contributed by atoms with Gasteiger partial charge >= 0.3 is 0 Å². The Hall–Kier alpha value is -2.08. The van der Waals surface area contributed by atoms with Crippen LogP contribution >= 0.6 is 15.9 Å². The van der Waals surface area contributed by atoms with Crippen LogP contribution in [-0.4, -0.2) is 16.6 Å². The molecule has 2 rings (SSSR count). The summed E-state index contributed by atoms with van der Waals surface area (Å²) in [6, 6.07) is 8.28. The number of hydrogen-bond donors (Lipinski definition) is 1. The van der Waals surface area contributed by atoms with Crippen LogP contribution in [0.4, 0.5) is 5.69 Å². The van der Waals surface area contributed by atoms with Gasteiger partial charge < -0.3 is 14.6 Å². The molecule has 1 aromatic carbocycles. The van der Waals surface area contributed by atoms with Crippen molar-refractivity contribution in [1.29, 1.82) is 0 Å². The van der Waals surface area contributed by atoms with Crippen LogP contribution in [-0.2, 0) is 7.05 Å². The van der Waals surface area contributed by atoms with Gasteiger partial charge in [-0.15, -0.1) is 0 Å². The highest BCUT2D eigenvalue weighted by molar-refractivity contribution is 9.10. The molecule has 0 aliphatic heterocycles. The number of anilines is 1. The number of amides is 1. The lowest BCUT2D eigenvalue weighted by atomic mass is 10.2. The van der Waals surface area contributed by atoms with Crippen molar-refractivity contribution in [2.45, 2.75) is 20.0 Å². The van der Waals surface area contributed by atoms with Gasteiger partial charge in [-0.05, 0) is 38.1 Å². The van der Waals surface area contributed by atoms with E-state index < -0.39 is 0 Å². The summed E-state index contributed by atoms with van der Waals surface area (Å²) < 4.78 is 7.91. The summed E-state index contributed by atoms with van der Waals surface area (Å²) in [4.78, 5) is 23.9. The van der Waals surface area contributed by atoms with Crippen molar-refractivity contribution >= 4 is 27.5 Å². The second kappa shape index (κ2) is 6.79. The lowest BCUT2D eigenvalue weighted by Gasteiger charge is -2.15. The second-order valence-electron chi connectivity index (χ2n) is 5.13. The van der Waals surface area contributed by atoms with E-state index in [1.54, 1.807) is 31.4 Å². The van der Waals surface area contributed by atoms with E-state index in [-0.39, 0.29) is 17.6 Å². The quantitative estimate of drug-likeness (QED) is 0.905. The average molecular weight is 365 g/mol. The molecule has 0 fully saturated rings. The first-order valence-electron chi connectivity index (χ1n) is 6.81. The van der Waals surface area contributed by atoms with Crippen molar-refractivity contribution in [2.24, 2.45) is 7.05 Å². The van der Waals surface area contributed by atoms with E-state index in [1.165, 1.54) is 10.6 Å². The third-order valence-electron chi connectivity index (χ3n) is 2.92. The Morgan fingerprint density at radius 3 is 2.64 bits per heavy atom. The molecular formula is C16H17BrN2O3. The van der Waals surface area contributed by atoms with Gasteiger partial charge in [0, 0.05) is 29.3 Å². The number of nitrogens with zero attached hydrogens (tertiary/aromatic N) is 1. The van der Waals surface area contributed by atoms with E-state index in [0.717, 1.165) is 4.47 Å². The van der Waals surface area contributed by atoms with E-state index >= 15 is 0 Å². The number of carbonyl (C=O) groups excluding carboxylic acids is 1. The van der Waals surface area contributed by atoms with Crippen LogP contribution in [0.3, 0.4) is 0 Å². The molecule has 1 heterocycles. The molecule has 0 radical (unpaired) electrons. The number of carbonyl (C=O) groups is 1. The molecule has 0 spiro atoms. The number of benzene rings is 1. The van der Waals surface area contributed by atoms with Crippen LogP contribution in [0.5, 0.6) is 5.75 Å². The van der Waals surface area contributed by atoms with Gasteiger partial charge in [0.2, 0.25) is 0 Å². The van der Waals surface area contributed by atoms with Gasteiger partial charge in [-0.3, -0.25) is 9.59 Å². The monoisotopic (exact) mass is 364 g/mol. The minimum absolute atomic E-state index is 0.0131. The second-order valence-corrected chi connectivity index (χ2v) is 6.04. The van der Waals surface area contributed by atoms with E-state index in [4.69, 9.17) is 4.74 Å². The molecule has 6 heteroatoms. The molecule has 1 aromatic heterocycles. The highest BCUT2D eigenvalue weighted by Gasteiger charge is 2.12. The molecule has 0 saturated heterocycles. The van der Waals surface area contributed by atoms with Crippen molar-refractivity contribution in [3.05, 3.63) is 56.9 Å². The maximum Gasteiger partial charge on any atom is 0.256 e. The van der Waals surface area contributed by atoms with E-state index in [1.807, 2.05) is 19.9 Å². The molecule has 116 valence electrons. The van der Waals surface area contributed by atoms with Crippen LogP contribution in [0.2, 0.25) is 0 Å². The molecule has 1 N–H and O–H groups in total. The summed E-state index contributed by atoms with van der Waals surface area (Å²) >= 11 is 3.37. The van der Waals surface area contributed by atoms with Gasteiger partial charge in [0.1, 0.15) is 5.75 Å². The standard InChI is InChI=1S/C16H17BrN2O3/c1-10(2)22-14-5-4-12(17)9-13(14)18-16(21)11-6-7-19(3)15(20)8-11/h4-10H,1-3H3,(H,18,21). The first-order valence-corrected chi connectivity index (χ1v) is 7.60. The average Bonchev–Trinajstić information content (AvgIpc) is 2.44. The first-order chi connectivity index (χ1) is 10.4. The van der Waals surface area contributed by atoms with E-state index in [9.17, 15) is 9.59 Å². The lowest BCUT2D eigenvalue weighted by molar-refractivity contribution is 0.102. The molecule has 0 aliphatic carbocycles. The molecule has 0 aliphatic rings. The van der Waals surface area contributed by atoms with E-state index in [0.29, 0.717) is 17.0 Å². The molecule has 5 nitrogen and oxygen atoms in total. The predicted octanol–water partition coefficient (Wildman–Crippen LogP) is 3.19. The fourth-order valence-corrected chi connectivity index (χ4v) is 2.20. The van der Waals surface area contributed by atoms with Crippen molar-refractivity contribution in [3.63, 3.8) is 0 Å². The number of aromatic nitrogens is 1. The smallest absolute Gasteiger partial charge is 0.256 e. The maximum atomic E-state index is 12.3. The van der Waals surface area contributed by atoms with Gasteiger partial charge in [-0.2, -0.15) is 0 Å². The molecule has 1 amide bonds. The van der Waals surface area contributed by atoms with Gasteiger partial charge in [-0.25, -0.2) is 0 Å². The predicted molar refractivity (Wildman–Crippen MR) is 89.5 cm³/mol. The van der Waals surface area contributed by atoms with Gasteiger partial charge in [0.05, 0.1) is 11.8 Å². The molecular weight excluding hydrogens is 348 g/mol. The van der Waals surface area contributed by atoms with Crippen LogP contribution in [0.25, 0.3) is 0 Å². The summed E-state index contributed by atoms with van der Waals surface area (Å²) in [5.41, 5.74) is 0.618. The number of rotatable bonds is 4. The summed E-state index contributed by atoms with van der Waals surface area (Å²) in [5.74, 6) is 0.222. The van der Waals surface area contributed by atoms with Crippen molar-refractivity contribution in [1.82, 2.24) is 4.57 Å². The number of aryl methyl sites for hydroxylation is 1. The Bertz CT molecular complexity index is 753. The normalized spacial score (nSPS) is 10.6. The maximum absolute atomic E-state index is 12.3. The summed E-state index contributed by atoms with van der Waals surface area (Å²) in [5, 5.41) is 2.78. The Balaban J connectivity index is 2.29. The zero-order valence-corrected chi connectivity index (χ0v) is 14.2. The summed E-state index contributed by atoms with van der Waals surface area (Å²) in [7, 11) is 1.63. The number of ether oxygens (including phenoxy) is 1. The zero-order chi connectivity index (χ0) is 16.3. The number of halogens is 1. The highest BCUT2D eigenvalue weighted by Crippen LogP contribution is 2.29.